The molecule has 0 radical (unpaired) electrons. The molecule has 0 saturated carbocycles. The summed E-state index contributed by atoms with van der Waals surface area (Å²) in [4.78, 5) is 19.5. The SMILES string of the molecule is O=C(Cc1cccc(Cl)c1Cl)c1cncnc1. The van der Waals surface area contributed by atoms with Gasteiger partial charge in [0.05, 0.1) is 15.6 Å². The molecule has 0 aliphatic carbocycles. The molecule has 0 aliphatic heterocycles. The first-order valence-corrected chi connectivity index (χ1v) is 5.65. The van der Waals surface area contributed by atoms with E-state index in [0.29, 0.717) is 21.2 Å². The molecule has 86 valence electrons. The quantitative estimate of drug-likeness (QED) is 0.802. The predicted octanol–water partition coefficient (Wildman–Crippen LogP) is 3.21. The van der Waals surface area contributed by atoms with E-state index in [4.69, 9.17) is 23.2 Å². The number of aromatic nitrogens is 2. The summed E-state index contributed by atoms with van der Waals surface area (Å²) in [6, 6.07) is 5.22. The van der Waals surface area contributed by atoms with E-state index in [1.165, 1.54) is 18.7 Å². The molecule has 0 spiro atoms. The van der Waals surface area contributed by atoms with Crippen molar-refractivity contribution in [2.75, 3.05) is 0 Å². The third kappa shape index (κ3) is 2.81. The second-order valence-corrected chi connectivity index (χ2v) is 4.23. The summed E-state index contributed by atoms with van der Waals surface area (Å²) in [6.07, 6.45) is 4.53. The van der Waals surface area contributed by atoms with Crippen LogP contribution in [0.3, 0.4) is 0 Å². The van der Waals surface area contributed by atoms with Gasteiger partial charge in [0.2, 0.25) is 0 Å². The molecule has 2 aromatic rings. The largest absolute Gasteiger partial charge is 0.294 e. The van der Waals surface area contributed by atoms with Gasteiger partial charge in [0.1, 0.15) is 6.33 Å². The van der Waals surface area contributed by atoms with Crippen molar-refractivity contribution in [2.24, 2.45) is 0 Å². The standard InChI is InChI=1S/C12H8Cl2N2O/c13-10-3-1-2-8(12(10)14)4-11(17)9-5-15-7-16-6-9/h1-3,5-7H,4H2. The van der Waals surface area contributed by atoms with Crippen molar-refractivity contribution >= 4 is 29.0 Å². The average molecular weight is 267 g/mol. The van der Waals surface area contributed by atoms with Gasteiger partial charge in [-0.3, -0.25) is 4.79 Å². The maximum Gasteiger partial charge on any atom is 0.170 e. The summed E-state index contributed by atoms with van der Waals surface area (Å²) in [5.41, 5.74) is 1.16. The van der Waals surface area contributed by atoms with Crippen molar-refractivity contribution in [3.8, 4) is 0 Å². The zero-order chi connectivity index (χ0) is 12.3. The monoisotopic (exact) mass is 266 g/mol. The zero-order valence-corrected chi connectivity index (χ0v) is 10.2. The van der Waals surface area contributed by atoms with Crippen LogP contribution in [0.15, 0.2) is 36.9 Å². The highest BCUT2D eigenvalue weighted by Crippen LogP contribution is 2.26. The zero-order valence-electron chi connectivity index (χ0n) is 8.73. The molecular formula is C12H8Cl2N2O. The number of rotatable bonds is 3. The molecule has 1 heterocycles. The summed E-state index contributed by atoms with van der Waals surface area (Å²) >= 11 is 11.9. The Labute approximate surface area is 108 Å². The lowest BCUT2D eigenvalue weighted by molar-refractivity contribution is 0.0992. The van der Waals surface area contributed by atoms with Crippen molar-refractivity contribution in [2.45, 2.75) is 6.42 Å². The fourth-order valence-corrected chi connectivity index (χ4v) is 1.79. The number of carbonyl (C=O) groups is 1. The van der Waals surface area contributed by atoms with Crippen molar-refractivity contribution in [3.05, 3.63) is 58.1 Å². The molecule has 2 rings (SSSR count). The molecule has 0 unspecified atom stereocenters. The topological polar surface area (TPSA) is 42.9 Å². The van der Waals surface area contributed by atoms with E-state index < -0.39 is 0 Å². The van der Waals surface area contributed by atoms with Crippen LogP contribution in [-0.2, 0) is 6.42 Å². The van der Waals surface area contributed by atoms with Gasteiger partial charge in [-0.15, -0.1) is 0 Å². The highest BCUT2D eigenvalue weighted by atomic mass is 35.5. The molecular weight excluding hydrogens is 259 g/mol. The van der Waals surface area contributed by atoms with E-state index in [2.05, 4.69) is 9.97 Å². The molecule has 0 saturated heterocycles. The van der Waals surface area contributed by atoms with Crippen LogP contribution in [0.2, 0.25) is 10.0 Å². The minimum absolute atomic E-state index is 0.0882. The van der Waals surface area contributed by atoms with Crippen LogP contribution in [0.25, 0.3) is 0 Å². The number of nitrogens with zero attached hydrogens (tertiary/aromatic N) is 2. The van der Waals surface area contributed by atoms with Gasteiger partial charge in [-0.05, 0) is 11.6 Å². The van der Waals surface area contributed by atoms with Gasteiger partial charge in [-0.2, -0.15) is 0 Å². The summed E-state index contributed by atoms with van der Waals surface area (Å²) in [5.74, 6) is -0.0882. The highest BCUT2D eigenvalue weighted by Gasteiger charge is 2.11. The second kappa shape index (κ2) is 5.25. The number of benzene rings is 1. The minimum Gasteiger partial charge on any atom is -0.294 e. The third-order valence-corrected chi connectivity index (χ3v) is 3.12. The smallest absolute Gasteiger partial charge is 0.170 e. The van der Waals surface area contributed by atoms with Gasteiger partial charge in [-0.1, -0.05) is 35.3 Å². The Balaban J connectivity index is 2.22. The number of Topliss-reactive ketones (excluding diaryl/α,β-unsaturated/α-hetero) is 1. The van der Waals surface area contributed by atoms with Crippen molar-refractivity contribution in [3.63, 3.8) is 0 Å². The third-order valence-electron chi connectivity index (χ3n) is 2.27. The Morgan fingerprint density at radius 1 is 1.18 bits per heavy atom. The Hall–Kier alpha value is -1.45. The first-order chi connectivity index (χ1) is 8.18. The first kappa shape index (κ1) is 12.0. The van der Waals surface area contributed by atoms with Crippen molar-refractivity contribution in [1.29, 1.82) is 0 Å². The average Bonchev–Trinajstić information content (AvgIpc) is 2.36. The van der Waals surface area contributed by atoms with E-state index in [1.807, 2.05) is 0 Å². The van der Waals surface area contributed by atoms with Crippen LogP contribution in [-0.4, -0.2) is 15.8 Å². The van der Waals surface area contributed by atoms with Crippen LogP contribution < -0.4 is 0 Å². The van der Waals surface area contributed by atoms with E-state index >= 15 is 0 Å². The molecule has 0 atom stereocenters. The molecule has 1 aromatic carbocycles. The van der Waals surface area contributed by atoms with Gasteiger partial charge < -0.3 is 0 Å². The van der Waals surface area contributed by atoms with Crippen molar-refractivity contribution in [1.82, 2.24) is 9.97 Å². The lowest BCUT2D eigenvalue weighted by Gasteiger charge is -2.04. The lowest BCUT2D eigenvalue weighted by Crippen LogP contribution is -2.05. The molecule has 1 aromatic heterocycles. The van der Waals surface area contributed by atoms with E-state index in [-0.39, 0.29) is 12.2 Å². The first-order valence-electron chi connectivity index (χ1n) is 4.89. The number of hydrogen-bond acceptors (Lipinski definition) is 3. The van der Waals surface area contributed by atoms with Gasteiger partial charge in [0, 0.05) is 18.8 Å². The van der Waals surface area contributed by atoms with E-state index in [0.717, 1.165) is 0 Å². The van der Waals surface area contributed by atoms with Gasteiger partial charge in [-0.25, -0.2) is 9.97 Å². The Bertz CT molecular complexity index is 543. The second-order valence-electron chi connectivity index (χ2n) is 3.44. The van der Waals surface area contributed by atoms with Crippen LogP contribution in [0.5, 0.6) is 0 Å². The van der Waals surface area contributed by atoms with Gasteiger partial charge in [0.15, 0.2) is 5.78 Å². The summed E-state index contributed by atoms with van der Waals surface area (Å²) < 4.78 is 0. The summed E-state index contributed by atoms with van der Waals surface area (Å²) in [5, 5.41) is 0.862. The van der Waals surface area contributed by atoms with Crippen LogP contribution in [0.4, 0.5) is 0 Å². The fraction of sp³-hybridized carbons (Fsp3) is 0.0833. The molecule has 0 fully saturated rings. The van der Waals surface area contributed by atoms with Gasteiger partial charge in [0.25, 0.3) is 0 Å². The number of ketones is 1. The maximum atomic E-state index is 11.9. The molecule has 17 heavy (non-hydrogen) atoms. The van der Waals surface area contributed by atoms with E-state index in [9.17, 15) is 4.79 Å². The van der Waals surface area contributed by atoms with E-state index in [1.54, 1.807) is 18.2 Å². The molecule has 3 nitrogen and oxygen atoms in total. The molecule has 0 N–H and O–H groups in total. The number of carbonyl (C=O) groups excluding carboxylic acids is 1. The van der Waals surface area contributed by atoms with Gasteiger partial charge >= 0.3 is 0 Å². The Kier molecular flexibility index (Phi) is 3.71. The molecule has 5 heteroatoms. The van der Waals surface area contributed by atoms with Crippen LogP contribution in [0.1, 0.15) is 15.9 Å². The molecule has 0 bridgehead atoms. The highest BCUT2D eigenvalue weighted by molar-refractivity contribution is 6.42. The normalized spacial score (nSPS) is 10.2. The Morgan fingerprint density at radius 2 is 1.88 bits per heavy atom. The Morgan fingerprint density at radius 3 is 2.59 bits per heavy atom. The number of hydrogen-bond donors (Lipinski definition) is 0. The lowest BCUT2D eigenvalue weighted by atomic mass is 10.1. The summed E-state index contributed by atoms with van der Waals surface area (Å²) in [7, 11) is 0. The molecule has 0 amide bonds. The maximum absolute atomic E-state index is 11.9. The summed E-state index contributed by atoms with van der Waals surface area (Å²) in [6.45, 7) is 0. The van der Waals surface area contributed by atoms with Crippen LogP contribution >= 0.6 is 23.2 Å². The minimum atomic E-state index is -0.0882. The predicted molar refractivity (Wildman–Crippen MR) is 66.5 cm³/mol. The van der Waals surface area contributed by atoms with Crippen molar-refractivity contribution < 1.29 is 4.79 Å². The fourth-order valence-electron chi connectivity index (χ4n) is 1.40. The number of halogens is 2. The molecule has 0 aliphatic rings. The van der Waals surface area contributed by atoms with Crippen LogP contribution in [0, 0.1) is 0 Å².